The summed E-state index contributed by atoms with van der Waals surface area (Å²) in [5.41, 5.74) is 0.678. The van der Waals surface area contributed by atoms with Crippen LogP contribution in [0.4, 0.5) is 10.5 Å². The fourth-order valence-electron chi connectivity index (χ4n) is 1.67. The molecule has 1 aromatic carbocycles. The van der Waals surface area contributed by atoms with Gasteiger partial charge in [0.05, 0.1) is 5.69 Å². The lowest BCUT2D eigenvalue weighted by Crippen LogP contribution is -2.27. The van der Waals surface area contributed by atoms with Crippen LogP contribution in [0.3, 0.4) is 0 Å². The molecule has 19 heavy (non-hydrogen) atoms. The van der Waals surface area contributed by atoms with Crippen LogP contribution in [-0.2, 0) is 11.2 Å². The summed E-state index contributed by atoms with van der Waals surface area (Å²) in [5, 5.41) is 12.7. The van der Waals surface area contributed by atoms with E-state index in [1.807, 2.05) is 12.1 Å². The minimum absolute atomic E-state index is 0.127. The van der Waals surface area contributed by atoms with Crippen LogP contribution in [0.5, 0.6) is 5.75 Å². The summed E-state index contributed by atoms with van der Waals surface area (Å²) < 4.78 is 5.16. The second-order valence-corrected chi connectivity index (χ2v) is 5.54. The Morgan fingerprint density at radius 3 is 2.63 bits per heavy atom. The van der Waals surface area contributed by atoms with Gasteiger partial charge in [0.2, 0.25) is 0 Å². The summed E-state index contributed by atoms with van der Waals surface area (Å²) in [4.78, 5) is 11.7. The van der Waals surface area contributed by atoms with E-state index >= 15 is 0 Å². The van der Waals surface area contributed by atoms with Crippen molar-refractivity contribution in [3.05, 3.63) is 23.8 Å². The third kappa shape index (κ3) is 5.20. The lowest BCUT2D eigenvalue weighted by atomic mass is 10.1. The molecule has 0 atom stereocenters. The van der Waals surface area contributed by atoms with E-state index in [9.17, 15) is 9.90 Å². The number of aromatic hydroxyl groups is 1. The number of hydrogen-bond acceptors (Lipinski definition) is 3. The predicted molar refractivity (Wildman–Crippen MR) is 76.6 cm³/mol. The molecule has 0 heterocycles. The van der Waals surface area contributed by atoms with E-state index < -0.39 is 11.7 Å². The Morgan fingerprint density at radius 2 is 2.05 bits per heavy atom. The molecule has 0 radical (unpaired) electrons. The summed E-state index contributed by atoms with van der Waals surface area (Å²) in [6.07, 6.45) is 2.30. The fourth-order valence-corrected chi connectivity index (χ4v) is 1.67. The maximum atomic E-state index is 11.7. The average Bonchev–Trinajstić information content (AvgIpc) is 2.28. The Morgan fingerprint density at radius 1 is 1.37 bits per heavy atom. The molecule has 0 unspecified atom stereocenters. The number of nitrogens with one attached hydrogen (secondary N) is 1. The lowest BCUT2D eigenvalue weighted by molar-refractivity contribution is 0.0635. The Bertz CT molecular complexity index is 436. The van der Waals surface area contributed by atoms with Crippen LogP contribution in [0.25, 0.3) is 0 Å². The molecule has 0 fully saturated rings. The van der Waals surface area contributed by atoms with E-state index in [4.69, 9.17) is 4.74 Å². The first-order valence-electron chi connectivity index (χ1n) is 6.64. The predicted octanol–water partition coefficient (Wildman–Crippen LogP) is 4.08. The van der Waals surface area contributed by atoms with Gasteiger partial charge in [-0.2, -0.15) is 0 Å². The van der Waals surface area contributed by atoms with Gasteiger partial charge in [0.1, 0.15) is 11.4 Å². The van der Waals surface area contributed by atoms with Crippen molar-refractivity contribution >= 4 is 11.8 Å². The highest BCUT2D eigenvalue weighted by atomic mass is 16.6. The maximum absolute atomic E-state index is 11.7. The molecule has 4 heteroatoms. The molecule has 0 aliphatic carbocycles. The number of aryl methyl sites for hydroxylation is 1. The number of ether oxygens (including phenoxy) is 1. The Balaban J connectivity index is 2.76. The first-order valence-corrected chi connectivity index (χ1v) is 6.64. The number of para-hydroxylation sites is 1. The molecular formula is C15H23NO3. The minimum Gasteiger partial charge on any atom is -0.505 e. The molecule has 0 saturated heterocycles. The van der Waals surface area contributed by atoms with Crippen LogP contribution in [0, 0.1) is 0 Å². The van der Waals surface area contributed by atoms with Gasteiger partial charge in [0, 0.05) is 0 Å². The molecule has 0 saturated carbocycles. The second kappa shape index (κ2) is 6.45. The van der Waals surface area contributed by atoms with Crippen molar-refractivity contribution in [1.82, 2.24) is 0 Å². The Kier molecular flexibility index (Phi) is 5.21. The maximum Gasteiger partial charge on any atom is 0.412 e. The van der Waals surface area contributed by atoms with Gasteiger partial charge in [-0.05, 0) is 45.2 Å². The fraction of sp³-hybridized carbons (Fsp3) is 0.533. The number of carbonyl (C=O) groups excluding carboxylic acids is 1. The van der Waals surface area contributed by atoms with Gasteiger partial charge >= 0.3 is 6.09 Å². The zero-order valence-corrected chi connectivity index (χ0v) is 12.1. The SMILES string of the molecule is CCCCc1cccc(NC(=O)OC(C)(C)C)c1O. The van der Waals surface area contributed by atoms with Gasteiger partial charge in [-0.25, -0.2) is 4.79 Å². The number of carbonyl (C=O) groups is 1. The van der Waals surface area contributed by atoms with Crippen LogP contribution in [0.15, 0.2) is 18.2 Å². The number of phenols is 1. The molecule has 106 valence electrons. The molecule has 0 aliphatic rings. The molecular weight excluding hydrogens is 242 g/mol. The first kappa shape index (κ1) is 15.3. The summed E-state index contributed by atoms with van der Waals surface area (Å²) in [7, 11) is 0. The van der Waals surface area contributed by atoms with Gasteiger partial charge in [0.25, 0.3) is 0 Å². The number of benzene rings is 1. The second-order valence-electron chi connectivity index (χ2n) is 5.54. The van der Waals surface area contributed by atoms with E-state index in [1.165, 1.54) is 0 Å². The summed E-state index contributed by atoms with van der Waals surface area (Å²) in [6, 6.07) is 5.34. The number of rotatable bonds is 4. The van der Waals surface area contributed by atoms with E-state index in [1.54, 1.807) is 26.8 Å². The van der Waals surface area contributed by atoms with Crippen molar-refractivity contribution < 1.29 is 14.6 Å². The third-order valence-corrected chi connectivity index (χ3v) is 2.55. The first-order chi connectivity index (χ1) is 8.83. The zero-order valence-electron chi connectivity index (χ0n) is 12.1. The third-order valence-electron chi connectivity index (χ3n) is 2.55. The molecule has 2 N–H and O–H groups in total. The van der Waals surface area contributed by atoms with Crippen LogP contribution in [0.1, 0.15) is 46.1 Å². The van der Waals surface area contributed by atoms with Crippen molar-refractivity contribution in [1.29, 1.82) is 0 Å². The van der Waals surface area contributed by atoms with Crippen LogP contribution >= 0.6 is 0 Å². The lowest BCUT2D eigenvalue weighted by Gasteiger charge is -2.20. The topological polar surface area (TPSA) is 58.6 Å². The number of anilines is 1. The standard InChI is InChI=1S/C15H23NO3/c1-5-6-8-11-9-7-10-12(13(11)17)16-14(18)19-15(2,3)4/h7,9-10,17H,5-6,8H2,1-4H3,(H,16,18). The highest BCUT2D eigenvalue weighted by molar-refractivity contribution is 5.87. The van der Waals surface area contributed by atoms with Gasteiger partial charge in [-0.1, -0.05) is 25.5 Å². The number of phenolic OH excluding ortho intramolecular Hbond substituents is 1. The van der Waals surface area contributed by atoms with Crippen molar-refractivity contribution in [2.24, 2.45) is 0 Å². The number of hydrogen-bond donors (Lipinski definition) is 2. The van der Waals surface area contributed by atoms with Gasteiger partial charge in [0.15, 0.2) is 0 Å². The van der Waals surface area contributed by atoms with E-state index in [-0.39, 0.29) is 5.75 Å². The normalized spacial score (nSPS) is 11.2. The molecule has 4 nitrogen and oxygen atoms in total. The number of unbranched alkanes of at least 4 members (excludes halogenated alkanes) is 1. The molecule has 1 rings (SSSR count). The summed E-state index contributed by atoms with van der Waals surface area (Å²) in [5.74, 6) is 0.127. The molecule has 0 aromatic heterocycles. The molecule has 0 spiro atoms. The van der Waals surface area contributed by atoms with Crippen molar-refractivity contribution in [3.63, 3.8) is 0 Å². The number of amides is 1. The van der Waals surface area contributed by atoms with E-state index in [0.717, 1.165) is 24.8 Å². The summed E-state index contributed by atoms with van der Waals surface area (Å²) >= 11 is 0. The van der Waals surface area contributed by atoms with Gasteiger partial charge in [-0.3, -0.25) is 5.32 Å². The zero-order chi connectivity index (χ0) is 14.5. The quantitative estimate of drug-likeness (QED) is 0.806. The van der Waals surface area contributed by atoms with Crippen molar-refractivity contribution in [3.8, 4) is 5.75 Å². The van der Waals surface area contributed by atoms with Crippen LogP contribution in [-0.4, -0.2) is 16.8 Å². The molecule has 1 aromatic rings. The smallest absolute Gasteiger partial charge is 0.412 e. The van der Waals surface area contributed by atoms with Gasteiger partial charge < -0.3 is 9.84 Å². The van der Waals surface area contributed by atoms with Gasteiger partial charge in [-0.15, -0.1) is 0 Å². The van der Waals surface area contributed by atoms with Crippen molar-refractivity contribution in [2.45, 2.75) is 52.6 Å². The molecule has 0 bridgehead atoms. The average molecular weight is 265 g/mol. The highest BCUT2D eigenvalue weighted by Gasteiger charge is 2.17. The minimum atomic E-state index is -0.560. The van der Waals surface area contributed by atoms with E-state index in [0.29, 0.717) is 5.69 Å². The monoisotopic (exact) mass is 265 g/mol. The van der Waals surface area contributed by atoms with Crippen LogP contribution in [0.2, 0.25) is 0 Å². The van der Waals surface area contributed by atoms with Crippen LogP contribution < -0.4 is 5.32 Å². The van der Waals surface area contributed by atoms with E-state index in [2.05, 4.69) is 12.2 Å². The largest absolute Gasteiger partial charge is 0.505 e. The summed E-state index contributed by atoms with van der Waals surface area (Å²) in [6.45, 7) is 7.48. The molecule has 1 amide bonds. The molecule has 0 aliphatic heterocycles. The highest BCUT2D eigenvalue weighted by Crippen LogP contribution is 2.29. The Hall–Kier alpha value is -1.71. The Labute approximate surface area is 114 Å². The van der Waals surface area contributed by atoms with Crippen molar-refractivity contribution in [2.75, 3.05) is 5.32 Å².